The molecule has 0 aliphatic carbocycles. The monoisotopic (exact) mass is 345 g/mol. The number of rotatable bonds is 2. The standard InChI is InChI=1S/C19H27N3O3/c1-2-25-19(24)20-8-6-16(7-9-20)21-11-14-10-15(13-21)17-4-3-5-18(23)22(17)12-14/h3-5,14-16H,2,6-13H2,1H3/t14-,15+/m1/s1. The van der Waals surface area contributed by atoms with Crippen LogP contribution in [0.5, 0.6) is 0 Å². The molecule has 4 heterocycles. The maximum absolute atomic E-state index is 12.1. The number of hydrogen-bond acceptors (Lipinski definition) is 4. The van der Waals surface area contributed by atoms with E-state index in [1.54, 1.807) is 6.07 Å². The van der Waals surface area contributed by atoms with Crippen molar-refractivity contribution in [3.8, 4) is 0 Å². The van der Waals surface area contributed by atoms with E-state index in [1.807, 2.05) is 22.5 Å². The quantitative estimate of drug-likeness (QED) is 0.821. The van der Waals surface area contributed by atoms with Gasteiger partial charge in [0.15, 0.2) is 0 Å². The predicted octanol–water partition coefficient (Wildman–Crippen LogP) is 1.89. The Hall–Kier alpha value is -1.82. The van der Waals surface area contributed by atoms with Crippen LogP contribution in [-0.4, -0.2) is 59.3 Å². The molecular formula is C19H27N3O3. The molecule has 3 aliphatic heterocycles. The molecule has 0 radical (unpaired) electrons. The van der Waals surface area contributed by atoms with Gasteiger partial charge in [0.1, 0.15) is 0 Å². The van der Waals surface area contributed by atoms with Crippen molar-refractivity contribution in [2.45, 2.75) is 44.7 Å². The zero-order valence-electron chi connectivity index (χ0n) is 14.9. The third-order valence-corrected chi connectivity index (χ3v) is 6.01. The molecule has 2 bridgehead atoms. The summed E-state index contributed by atoms with van der Waals surface area (Å²) in [4.78, 5) is 28.4. The molecule has 0 aromatic carbocycles. The number of hydrogen-bond donors (Lipinski definition) is 0. The molecule has 2 saturated heterocycles. The summed E-state index contributed by atoms with van der Waals surface area (Å²) in [5.74, 6) is 1.03. The molecule has 0 spiro atoms. The van der Waals surface area contributed by atoms with E-state index < -0.39 is 0 Å². The van der Waals surface area contributed by atoms with E-state index in [4.69, 9.17) is 4.74 Å². The predicted molar refractivity (Wildman–Crippen MR) is 94.7 cm³/mol. The Balaban J connectivity index is 1.42. The third kappa shape index (κ3) is 3.19. The third-order valence-electron chi connectivity index (χ3n) is 6.01. The van der Waals surface area contributed by atoms with E-state index in [2.05, 4.69) is 11.0 Å². The van der Waals surface area contributed by atoms with E-state index in [9.17, 15) is 9.59 Å². The lowest BCUT2D eigenvalue weighted by Crippen LogP contribution is -2.53. The van der Waals surface area contributed by atoms with Gasteiger partial charge in [-0.05, 0) is 38.2 Å². The molecular weight excluding hydrogens is 318 g/mol. The van der Waals surface area contributed by atoms with Crippen LogP contribution in [0, 0.1) is 5.92 Å². The minimum Gasteiger partial charge on any atom is -0.450 e. The van der Waals surface area contributed by atoms with Crippen LogP contribution in [0.25, 0.3) is 0 Å². The van der Waals surface area contributed by atoms with Gasteiger partial charge in [0.05, 0.1) is 6.61 Å². The summed E-state index contributed by atoms with van der Waals surface area (Å²) >= 11 is 0. The first-order valence-corrected chi connectivity index (χ1v) is 9.51. The number of amides is 1. The van der Waals surface area contributed by atoms with Gasteiger partial charge >= 0.3 is 6.09 Å². The van der Waals surface area contributed by atoms with Crippen molar-refractivity contribution in [2.75, 3.05) is 32.8 Å². The average molecular weight is 345 g/mol. The minimum absolute atomic E-state index is 0.142. The van der Waals surface area contributed by atoms with Crippen LogP contribution in [0.3, 0.4) is 0 Å². The van der Waals surface area contributed by atoms with Gasteiger partial charge < -0.3 is 14.2 Å². The number of pyridine rings is 1. The number of nitrogens with zero attached hydrogens (tertiary/aromatic N) is 3. The van der Waals surface area contributed by atoms with Crippen molar-refractivity contribution >= 4 is 6.09 Å². The Morgan fingerprint density at radius 2 is 2.00 bits per heavy atom. The van der Waals surface area contributed by atoms with Gasteiger partial charge in [-0.25, -0.2) is 4.79 Å². The van der Waals surface area contributed by atoms with Gasteiger partial charge in [0.2, 0.25) is 0 Å². The zero-order valence-corrected chi connectivity index (χ0v) is 14.9. The van der Waals surface area contributed by atoms with Crippen molar-refractivity contribution in [3.63, 3.8) is 0 Å². The van der Waals surface area contributed by atoms with Crippen LogP contribution in [0.1, 0.15) is 37.8 Å². The maximum Gasteiger partial charge on any atom is 0.409 e. The number of aromatic nitrogens is 1. The maximum atomic E-state index is 12.1. The molecule has 1 amide bonds. The van der Waals surface area contributed by atoms with Crippen LogP contribution in [0.2, 0.25) is 0 Å². The van der Waals surface area contributed by atoms with Crippen molar-refractivity contribution in [1.29, 1.82) is 0 Å². The van der Waals surface area contributed by atoms with Gasteiger partial charge in [-0.2, -0.15) is 0 Å². The average Bonchev–Trinajstić information content (AvgIpc) is 2.63. The van der Waals surface area contributed by atoms with E-state index in [-0.39, 0.29) is 11.7 Å². The Morgan fingerprint density at radius 3 is 2.76 bits per heavy atom. The van der Waals surface area contributed by atoms with Gasteiger partial charge in [0, 0.05) is 56.4 Å². The first-order chi connectivity index (χ1) is 12.2. The number of piperidine rings is 2. The van der Waals surface area contributed by atoms with Crippen LogP contribution >= 0.6 is 0 Å². The highest BCUT2D eigenvalue weighted by atomic mass is 16.6. The summed E-state index contributed by atoms with van der Waals surface area (Å²) in [6.07, 6.45) is 3.05. The number of carbonyl (C=O) groups is 1. The smallest absolute Gasteiger partial charge is 0.409 e. The van der Waals surface area contributed by atoms with Crippen molar-refractivity contribution in [3.05, 3.63) is 34.2 Å². The molecule has 1 aromatic rings. The lowest BCUT2D eigenvalue weighted by atomic mass is 9.82. The number of fused-ring (bicyclic) bond motifs is 4. The van der Waals surface area contributed by atoms with Crippen LogP contribution in [0.15, 0.2) is 23.0 Å². The molecule has 0 unspecified atom stereocenters. The second-order valence-electron chi connectivity index (χ2n) is 7.57. The minimum atomic E-state index is -0.176. The first-order valence-electron chi connectivity index (χ1n) is 9.51. The van der Waals surface area contributed by atoms with E-state index in [0.717, 1.165) is 45.6 Å². The molecule has 0 N–H and O–H groups in total. The lowest BCUT2D eigenvalue weighted by Gasteiger charge is -2.47. The molecule has 6 heteroatoms. The molecule has 4 rings (SSSR count). The highest BCUT2D eigenvalue weighted by molar-refractivity contribution is 5.67. The Labute approximate surface area is 148 Å². The molecule has 1 aromatic heterocycles. The highest BCUT2D eigenvalue weighted by Crippen LogP contribution is 2.36. The van der Waals surface area contributed by atoms with Crippen molar-refractivity contribution in [2.24, 2.45) is 5.92 Å². The second-order valence-corrected chi connectivity index (χ2v) is 7.57. The summed E-state index contributed by atoms with van der Waals surface area (Å²) in [6.45, 7) is 6.80. The normalized spacial score (nSPS) is 27.0. The summed E-state index contributed by atoms with van der Waals surface area (Å²) in [5, 5.41) is 0. The van der Waals surface area contributed by atoms with Gasteiger partial charge in [0.25, 0.3) is 5.56 Å². The molecule has 3 aliphatic rings. The van der Waals surface area contributed by atoms with Gasteiger partial charge in [-0.1, -0.05) is 6.07 Å². The lowest BCUT2D eigenvalue weighted by molar-refractivity contribution is 0.0410. The Bertz CT molecular complexity index is 693. The van der Waals surface area contributed by atoms with E-state index >= 15 is 0 Å². The second kappa shape index (κ2) is 6.83. The fourth-order valence-electron chi connectivity index (χ4n) is 4.86. The first kappa shape index (κ1) is 16.6. The molecule has 136 valence electrons. The SMILES string of the molecule is CCOC(=O)N1CCC(N2C[C@H]3C[C@@H](C2)c2cccc(=O)n2C3)CC1. The Kier molecular flexibility index (Phi) is 4.54. The Morgan fingerprint density at radius 1 is 1.20 bits per heavy atom. The summed E-state index contributed by atoms with van der Waals surface area (Å²) in [6, 6.07) is 6.23. The topological polar surface area (TPSA) is 54.8 Å². The van der Waals surface area contributed by atoms with Crippen LogP contribution in [0.4, 0.5) is 4.79 Å². The van der Waals surface area contributed by atoms with Gasteiger partial charge in [-0.3, -0.25) is 9.69 Å². The number of likely N-dealkylation sites (tertiary alicyclic amines) is 2. The molecule has 0 saturated carbocycles. The van der Waals surface area contributed by atoms with E-state index in [1.165, 1.54) is 12.1 Å². The summed E-state index contributed by atoms with van der Waals surface area (Å²) < 4.78 is 7.10. The molecule has 2 fully saturated rings. The fraction of sp³-hybridized carbons (Fsp3) is 0.684. The zero-order chi connectivity index (χ0) is 17.4. The summed E-state index contributed by atoms with van der Waals surface area (Å²) in [7, 11) is 0. The van der Waals surface area contributed by atoms with E-state index in [0.29, 0.717) is 24.5 Å². The molecule has 6 nitrogen and oxygen atoms in total. The van der Waals surface area contributed by atoms with Crippen LogP contribution in [-0.2, 0) is 11.3 Å². The molecule has 25 heavy (non-hydrogen) atoms. The highest BCUT2D eigenvalue weighted by Gasteiger charge is 2.38. The van der Waals surface area contributed by atoms with Gasteiger partial charge in [-0.15, -0.1) is 0 Å². The van der Waals surface area contributed by atoms with Crippen LogP contribution < -0.4 is 5.56 Å². The molecule has 2 atom stereocenters. The fourth-order valence-corrected chi connectivity index (χ4v) is 4.86. The summed E-state index contributed by atoms with van der Waals surface area (Å²) in [5.41, 5.74) is 1.35. The largest absolute Gasteiger partial charge is 0.450 e. The van der Waals surface area contributed by atoms with Crippen molar-refractivity contribution in [1.82, 2.24) is 14.4 Å². The number of ether oxygens (including phenoxy) is 1. The van der Waals surface area contributed by atoms with Crippen molar-refractivity contribution < 1.29 is 9.53 Å². The number of carbonyl (C=O) groups excluding carboxylic acids is 1.